The molecule has 4 aromatic rings. The van der Waals surface area contributed by atoms with Crippen molar-refractivity contribution in [3.05, 3.63) is 76.1 Å². The predicted octanol–water partition coefficient (Wildman–Crippen LogP) is 3.42. The van der Waals surface area contributed by atoms with E-state index in [1.807, 2.05) is 4.72 Å². The number of carbonyl (C=O) groups excluding carboxylic acids is 1. The molecule has 0 aliphatic heterocycles. The Morgan fingerprint density at radius 1 is 1.15 bits per heavy atom. The van der Waals surface area contributed by atoms with Gasteiger partial charge in [0, 0.05) is 17.1 Å². The SMILES string of the molecule is COc1ccc2cc(=O)n(-c3ccc(NC(=O)NS(=O)(=O)c4cccs4)cc3F)c(O)c2c1. The van der Waals surface area contributed by atoms with Gasteiger partial charge in [-0.1, -0.05) is 12.1 Å². The second kappa shape index (κ2) is 8.56. The van der Waals surface area contributed by atoms with Crippen LogP contribution in [0.1, 0.15) is 0 Å². The number of hydrogen-bond acceptors (Lipinski definition) is 7. The highest BCUT2D eigenvalue weighted by Gasteiger charge is 2.20. The molecule has 3 N–H and O–H groups in total. The fourth-order valence-corrected chi connectivity index (χ4v) is 5.05. The maximum atomic E-state index is 14.9. The van der Waals surface area contributed by atoms with E-state index in [0.29, 0.717) is 11.1 Å². The van der Waals surface area contributed by atoms with Crippen LogP contribution < -0.4 is 20.3 Å². The number of aromatic hydroxyl groups is 1. The summed E-state index contributed by atoms with van der Waals surface area (Å²) < 4.78 is 46.8. The van der Waals surface area contributed by atoms with E-state index in [9.17, 15) is 27.5 Å². The number of amides is 2. The van der Waals surface area contributed by atoms with Gasteiger partial charge in [0.2, 0.25) is 5.88 Å². The largest absolute Gasteiger partial charge is 0.497 e. The number of urea groups is 1. The zero-order valence-electron chi connectivity index (χ0n) is 16.9. The van der Waals surface area contributed by atoms with Gasteiger partial charge in [0.15, 0.2) is 0 Å². The van der Waals surface area contributed by atoms with Gasteiger partial charge in [-0.2, -0.15) is 0 Å². The molecule has 0 radical (unpaired) electrons. The third-order valence-electron chi connectivity index (χ3n) is 4.65. The lowest BCUT2D eigenvalue weighted by Gasteiger charge is -2.14. The molecule has 0 atom stereocenters. The number of carbonyl (C=O) groups is 1. The first-order valence-electron chi connectivity index (χ1n) is 9.29. The number of thiophene rings is 1. The molecule has 0 saturated heterocycles. The molecule has 12 heteroatoms. The van der Waals surface area contributed by atoms with Crippen molar-refractivity contribution in [2.45, 2.75) is 4.21 Å². The first-order valence-corrected chi connectivity index (χ1v) is 11.7. The molecule has 0 aliphatic carbocycles. The highest BCUT2D eigenvalue weighted by Crippen LogP contribution is 2.30. The lowest BCUT2D eigenvalue weighted by Crippen LogP contribution is -2.34. The zero-order valence-corrected chi connectivity index (χ0v) is 18.5. The Morgan fingerprint density at radius 2 is 1.94 bits per heavy atom. The number of nitrogens with one attached hydrogen (secondary N) is 2. The van der Waals surface area contributed by atoms with Gasteiger partial charge in [-0.25, -0.2) is 26.9 Å². The van der Waals surface area contributed by atoms with Crippen molar-refractivity contribution < 1.29 is 27.4 Å². The number of fused-ring (bicyclic) bond motifs is 1. The van der Waals surface area contributed by atoms with E-state index < -0.39 is 33.3 Å². The van der Waals surface area contributed by atoms with Crippen LogP contribution in [-0.2, 0) is 10.0 Å². The maximum Gasteiger partial charge on any atom is 0.333 e. The minimum atomic E-state index is -4.06. The molecule has 0 spiro atoms. The summed E-state index contributed by atoms with van der Waals surface area (Å²) in [6.45, 7) is 0. The Kier molecular flexibility index (Phi) is 5.78. The Labute approximate surface area is 190 Å². The Bertz CT molecular complexity index is 1530. The summed E-state index contributed by atoms with van der Waals surface area (Å²) in [5, 5.41) is 15.1. The number of halogens is 1. The molecule has 4 rings (SSSR count). The summed E-state index contributed by atoms with van der Waals surface area (Å²) in [4.78, 5) is 24.6. The molecular formula is C21H16FN3O6S2. The number of pyridine rings is 1. The zero-order chi connectivity index (χ0) is 23.8. The number of methoxy groups -OCH3 is 1. The van der Waals surface area contributed by atoms with Crippen LogP contribution in [0, 0.1) is 5.82 Å². The molecule has 0 aliphatic rings. The van der Waals surface area contributed by atoms with E-state index in [-0.39, 0.29) is 21.0 Å². The molecule has 0 bridgehead atoms. The highest BCUT2D eigenvalue weighted by atomic mass is 32.2. The topological polar surface area (TPSA) is 127 Å². The van der Waals surface area contributed by atoms with E-state index in [2.05, 4.69) is 5.32 Å². The van der Waals surface area contributed by atoms with E-state index in [4.69, 9.17) is 4.74 Å². The summed E-state index contributed by atoms with van der Waals surface area (Å²) in [5.74, 6) is -0.990. The maximum absolute atomic E-state index is 14.9. The summed E-state index contributed by atoms with van der Waals surface area (Å²) in [6, 6.07) is 11.0. The number of ether oxygens (including phenoxy) is 1. The van der Waals surface area contributed by atoms with Crippen LogP contribution in [0.3, 0.4) is 0 Å². The molecule has 2 heterocycles. The van der Waals surface area contributed by atoms with E-state index in [1.54, 1.807) is 17.5 Å². The average Bonchev–Trinajstić information content (AvgIpc) is 3.30. The standard InChI is InChI=1S/C21H16FN3O6S2/c1-31-14-6-4-12-9-18(26)25(20(27)15(12)11-14)17-7-5-13(10-16(17)22)23-21(28)24-33(29,30)19-3-2-8-32-19/h2-11,27H,1H3,(H2,23,24,28). The fourth-order valence-electron chi connectivity index (χ4n) is 3.15. The molecule has 2 aromatic carbocycles. The number of anilines is 1. The Morgan fingerprint density at radius 3 is 2.61 bits per heavy atom. The fraction of sp³-hybridized carbons (Fsp3) is 0.0476. The number of rotatable bonds is 5. The molecule has 2 aromatic heterocycles. The Hall–Kier alpha value is -3.90. The van der Waals surface area contributed by atoms with E-state index >= 15 is 0 Å². The third kappa shape index (κ3) is 4.38. The normalized spacial score (nSPS) is 11.3. The second-order valence-electron chi connectivity index (χ2n) is 6.75. The second-order valence-corrected chi connectivity index (χ2v) is 9.61. The monoisotopic (exact) mass is 489 g/mol. The number of sulfonamides is 1. The van der Waals surface area contributed by atoms with Crippen molar-refractivity contribution in [1.82, 2.24) is 9.29 Å². The van der Waals surface area contributed by atoms with Crippen LogP contribution >= 0.6 is 11.3 Å². The van der Waals surface area contributed by atoms with Crippen LogP contribution in [0.15, 0.2) is 69.0 Å². The van der Waals surface area contributed by atoms with Crippen molar-refractivity contribution in [2.24, 2.45) is 0 Å². The van der Waals surface area contributed by atoms with Gasteiger partial charge in [-0.15, -0.1) is 11.3 Å². The highest BCUT2D eigenvalue weighted by molar-refractivity contribution is 7.92. The van der Waals surface area contributed by atoms with Gasteiger partial charge in [0.25, 0.3) is 15.6 Å². The predicted molar refractivity (Wildman–Crippen MR) is 121 cm³/mol. The number of benzene rings is 2. The van der Waals surface area contributed by atoms with Gasteiger partial charge < -0.3 is 15.2 Å². The lowest BCUT2D eigenvalue weighted by atomic mass is 10.1. The van der Waals surface area contributed by atoms with Crippen molar-refractivity contribution in [3.8, 4) is 17.3 Å². The van der Waals surface area contributed by atoms with E-state index in [1.165, 1.54) is 43.5 Å². The molecule has 2 amide bonds. The van der Waals surface area contributed by atoms with Crippen LogP contribution in [-0.4, -0.2) is 31.2 Å². The molecule has 33 heavy (non-hydrogen) atoms. The van der Waals surface area contributed by atoms with Crippen LogP contribution in [0.25, 0.3) is 16.5 Å². The molecule has 0 fully saturated rings. The van der Waals surface area contributed by atoms with Crippen molar-refractivity contribution in [3.63, 3.8) is 0 Å². The first kappa shape index (κ1) is 22.3. The minimum absolute atomic E-state index is 0.0537. The molecular weight excluding hydrogens is 473 g/mol. The van der Waals surface area contributed by atoms with Gasteiger partial charge in [0.05, 0.1) is 12.8 Å². The summed E-state index contributed by atoms with van der Waals surface area (Å²) in [6.07, 6.45) is 0. The molecule has 170 valence electrons. The van der Waals surface area contributed by atoms with Crippen molar-refractivity contribution >= 4 is 43.9 Å². The van der Waals surface area contributed by atoms with Gasteiger partial charge in [0.1, 0.15) is 15.8 Å². The van der Waals surface area contributed by atoms with Gasteiger partial charge >= 0.3 is 6.03 Å². The minimum Gasteiger partial charge on any atom is -0.497 e. The van der Waals surface area contributed by atoms with Crippen LogP contribution in [0.2, 0.25) is 0 Å². The van der Waals surface area contributed by atoms with Crippen LogP contribution in [0.4, 0.5) is 14.9 Å². The van der Waals surface area contributed by atoms with Crippen LogP contribution in [0.5, 0.6) is 11.6 Å². The lowest BCUT2D eigenvalue weighted by molar-refractivity contribution is 0.256. The molecule has 9 nitrogen and oxygen atoms in total. The number of aromatic nitrogens is 1. The number of nitrogens with zero attached hydrogens (tertiary/aromatic N) is 1. The average molecular weight is 490 g/mol. The van der Waals surface area contributed by atoms with Gasteiger partial charge in [-0.3, -0.25) is 4.79 Å². The third-order valence-corrected chi connectivity index (χ3v) is 7.37. The first-order chi connectivity index (χ1) is 15.7. The molecule has 0 unspecified atom stereocenters. The Balaban J connectivity index is 1.64. The van der Waals surface area contributed by atoms with Crippen molar-refractivity contribution in [2.75, 3.05) is 12.4 Å². The smallest absolute Gasteiger partial charge is 0.333 e. The van der Waals surface area contributed by atoms with Crippen molar-refractivity contribution in [1.29, 1.82) is 0 Å². The summed E-state index contributed by atoms with van der Waals surface area (Å²) in [7, 11) is -2.62. The quantitative estimate of drug-likeness (QED) is 0.394. The van der Waals surface area contributed by atoms with Gasteiger partial charge in [-0.05, 0) is 47.2 Å². The van der Waals surface area contributed by atoms with E-state index in [0.717, 1.165) is 22.0 Å². The summed E-state index contributed by atoms with van der Waals surface area (Å²) in [5.41, 5.74) is -1.01. The summed E-state index contributed by atoms with van der Waals surface area (Å²) >= 11 is 0.931. The molecule has 0 saturated carbocycles. The number of hydrogen-bond donors (Lipinski definition) is 3.